The fraction of sp³-hybridized carbons (Fsp3) is 0.833. The molecule has 0 rings (SSSR count). The number of ether oxygens (including phenoxy) is 1. The van der Waals surface area contributed by atoms with Gasteiger partial charge in [0, 0.05) is 6.42 Å². The number of nitrogens with zero attached hydrogens (tertiary/aromatic N) is 1. The molecule has 5 nitrogen and oxygen atoms in total. The fourth-order valence-electron chi connectivity index (χ4n) is 1.40. The van der Waals surface area contributed by atoms with Crippen LogP contribution in [0.15, 0.2) is 0 Å². The van der Waals surface area contributed by atoms with Gasteiger partial charge in [0.25, 0.3) is 0 Å². The van der Waals surface area contributed by atoms with E-state index < -0.39 is 21.1 Å². The highest BCUT2D eigenvalue weighted by molar-refractivity contribution is 7.92. The molecule has 0 amide bonds. The normalized spacial score (nSPS) is 13.1. The first-order valence-electron chi connectivity index (χ1n) is 6.10. The van der Waals surface area contributed by atoms with Crippen molar-refractivity contribution in [1.82, 2.24) is 0 Å². The van der Waals surface area contributed by atoms with Crippen molar-refractivity contribution >= 4 is 15.8 Å². The van der Waals surface area contributed by atoms with Crippen molar-refractivity contribution in [3.05, 3.63) is 0 Å². The summed E-state index contributed by atoms with van der Waals surface area (Å²) in [5.74, 6) is -0.647. The Morgan fingerprint density at radius 2 is 2.00 bits per heavy atom. The minimum atomic E-state index is -3.52. The van der Waals surface area contributed by atoms with Crippen molar-refractivity contribution in [2.75, 3.05) is 12.4 Å². The topological polar surface area (TPSA) is 84.2 Å². The third-order valence-corrected chi connectivity index (χ3v) is 4.59. The minimum Gasteiger partial charge on any atom is -0.464 e. The van der Waals surface area contributed by atoms with E-state index in [4.69, 9.17) is 10.00 Å². The maximum atomic E-state index is 11.9. The largest absolute Gasteiger partial charge is 0.464 e. The van der Waals surface area contributed by atoms with Crippen molar-refractivity contribution < 1.29 is 17.9 Å². The number of hydrogen-bond acceptors (Lipinski definition) is 5. The van der Waals surface area contributed by atoms with Crippen LogP contribution in [0.2, 0.25) is 0 Å². The second-order valence-corrected chi connectivity index (χ2v) is 6.85. The number of esters is 1. The first-order valence-corrected chi connectivity index (χ1v) is 7.81. The SMILES string of the molecule is CCC(C(=O)OCC(C)C)S(=O)(=O)CCCC#N. The zero-order valence-corrected chi connectivity index (χ0v) is 12.0. The molecule has 0 saturated heterocycles. The quantitative estimate of drug-likeness (QED) is 0.497. The van der Waals surface area contributed by atoms with Gasteiger partial charge in [-0.15, -0.1) is 0 Å². The molecule has 0 spiro atoms. The van der Waals surface area contributed by atoms with E-state index in [1.165, 1.54) is 0 Å². The van der Waals surface area contributed by atoms with E-state index in [1.807, 2.05) is 19.9 Å². The molecule has 0 N–H and O–H groups in total. The Hall–Kier alpha value is -1.09. The first kappa shape index (κ1) is 16.9. The number of rotatable bonds is 8. The number of sulfone groups is 1. The van der Waals surface area contributed by atoms with E-state index in [2.05, 4.69) is 0 Å². The molecule has 0 aliphatic rings. The summed E-state index contributed by atoms with van der Waals surface area (Å²) in [5, 5.41) is 7.28. The summed E-state index contributed by atoms with van der Waals surface area (Å²) in [6.07, 6.45) is 0.634. The average molecular weight is 275 g/mol. The van der Waals surface area contributed by atoms with Gasteiger partial charge >= 0.3 is 5.97 Å². The van der Waals surface area contributed by atoms with Gasteiger partial charge in [-0.1, -0.05) is 20.8 Å². The Kier molecular flexibility index (Phi) is 7.60. The summed E-state index contributed by atoms with van der Waals surface area (Å²) < 4.78 is 28.8. The number of hydrogen-bond donors (Lipinski definition) is 0. The summed E-state index contributed by atoms with van der Waals surface area (Å²) in [6, 6.07) is 1.89. The van der Waals surface area contributed by atoms with E-state index in [9.17, 15) is 13.2 Å². The van der Waals surface area contributed by atoms with Crippen LogP contribution in [0.1, 0.15) is 40.0 Å². The lowest BCUT2D eigenvalue weighted by atomic mass is 10.2. The number of nitriles is 1. The van der Waals surface area contributed by atoms with Crippen molar-refractivity contribution in [2.24, 2.45) is 5.92 Å². The highest BCUT2D eigenvalue weighted by Gasteiger charge is 2.31. The highest BCUT2D eigenvalue weighted by atomic mass is 32.2. The predicted molar refractivity (Wildman–Crippen MR) is 68.5 cm³/mol. The van der Waals surface area contributed by atoms with Gasteiger partial charge in [-0.3, -0.25) is 4.79 Å². The van der Waals surface area contributed by atoms with E-state index in [0.29, 0.717) is 0 Å². The predicted octanol–water partition coefficient (Wildman–Crippen LogP) is 1.68. The van der Waals surface area contributed by atoms with Crippen LogP contribution in [-0.2, 0) is 19.4 Å². The van der Waals surface area contributed by atoms with Crippen LogP contribution in [0, 0.1) is 17.2 Å². The van der Waals surface area contributed by atoms with Crippen LogP contribution in [0.3, 0.4) is 0 Å². The van der Waals surface area contributed by atoms with Crippen LogP contribution in [0.5, 0.6) is 0 Å². The van der Waals surface area contributed by atoms with Crippen molar-refractivity contribution in [2.45, 2.75) is 45.3 Å². The van der Waals surface area contributed by atoms with Crippen LogP contribution in [-0.4, -0.2) is 32.0 Å². The molecule has 0 aromatic carbocycles. The van der Waals surface area contributed by atoms with Crippen LogP contribution >= 0.6 is 0 Å². The Bertz CT molecular complexity index is 395. The number of carbonyl (C=O) groups is 1. The van der Waals surface area contributed by atoms with Gasteiger partial charge in [-0.05, 0) is 18.8 Å². The first-order chi connectivity index (χ1) is 8.35. The van der Waals surface area contributed by atoms with Gasteiger partial charge < -0.3 is 4.74 Å². The average Bonchev–Trinajstić information content (AvgIpc) is 2.27. The lowest BCUT2D eigenvalue weighted by molar-refractivity contribution is -0.144. The van der Waals surface area contributed by atoms with Crippen molar-refractivity contribution in [3.63, 3.8) is 0 Å². The second-order valence-electron chi connectivity index (χ2n) is 4.55. The molecule has 0 heterocycles. The molecule has 1 unspecified atom stereocenters. The fourth-order valence-corrected chi connectivity index (χ4v) is 3.10. The molecule has 0 saturated carbocycles. The molecule has 0 aromatic heterocycles. The summed E-state index contributed by atoms with van der Waals surface area (Å²) in [6.45, 7) is 5.64. The third-order valence-electron chi connectivity index (χ3n) is 2.34. The summed E-state index contributed by atoms with van der Waals surface area (Å²) in [7, 11) is -3.52. The Morgan fingerprint density at radius 1 is 1.39 bits per heavy atom. The Balaban J connectivity index is 4.55. The van der Waals surface area contributed by atoms with Gasteiger partial charge in [-0.2, -0.15) is 5.26 Å². The molecule has 0 aromatic rings. The van der Waals surface area contributed by atoms with E-state index in [0.717, 1.165) is 0 Å². The summed E-state index contributed by atoms with van der Waals surface area (Å²) in [4.78, 5) is 11.7. The molecule has 0 bridgehead atoms. The van der Waals surface area contributed by atoms with E-state index in [1.54, 1.807) is 6.92 Å². The van der Waals surface area contributed by atoms with Gasteiger partial charge in [0.2, 0.25) is 0 Å². The maximum absolute atomic E-state index is 11.9. The van der Waals surface area contributed by atoms with E-state index >= 15 is 0 Å². The zero-order valence-electron chi connectivity index (χ0n) is 11.2. The molecule has 104 valence electrons. The highest BCUT2D eigenvalue weighted by Crippen LogP contribution is 2.12. The van der Waals surface area contributed by atoms with Crippen LogP contribution < -0.4 is 0 Å². The molecule has 0 radical (unpaired) electrons. The smallest absolute Gasteiger partial charge is 0.324 e. The van der Waals surface area contributed by atoms with Crippen molar-refractivity contribution in [3.8, 4) is 6.07 Å². The van der Waals surface area contributed by atoms with Crippen LogP contribution in [0.4, 0.5) is 0 Å². The zero-order chi connectivity index (χ0) is 14.2. The van der Waals surface area contributed by atoms with Gasteiger partial charge in [-0.25, -0.2) is 8.42 Å². The summed E-state index contributed by atoms with van der Waals surface area (Å²) >= 11 is 0. The number of carbonyl (C=O) groups excluding carboxylic acids is 1. The Morgan fingerprint density at radius 3 is 2.44 bits per heavy atom. The molecule has 18 heavy (non-hydrogen) atoms. The van der Waals surface area contributed by atoms with Gasteiger partial charge in [0.1, 0.15) is 0 Å². The Labute approximate surface area is 109 Å². The van der Waals surface area contributed by atoms with Gasteiger partial charge in [0.05, 0.1) is 18.4 Å². The third kappa shape index (κ3) is 6.01. The molecule has 0 fully saturated rings. The number of unbranched alkanes of at least 4 members (excludes halogenated alkanes) is 1. The van der Waals surface area contributed by atoms with Crippen molar-refractivity contribution in [1.29, 1.82) is 5.26 Å². The lowest BCUT2D eigenvalue weighted by Crippen LogP contribution is -2.34. The van der Waals surface area contributed by atoms with E-state index in [-0.39, 0.29) is 37.5 Å². The molecule has 1 atom stereocenters. The summed E-state index contributed by atoms with van der Waals surface area (Å²) in [5.41, 5.74) is 0. The minimum absolute atomic E-state index is 0.143. The molecular weight excluding hydrogens is 254 g/mol. The van der Waals surface area contributed by atoms with Crippen LogP contribution in [0.25, 0.3) is 0 Å². The maximum Gasteiger partial charge on any atom is 0.324 e. The van der Waals surface area contributed by atoms with Gasteiger partial charge in [0.15, 0.2) is 15.1 Å². The molecule has 6 heteroatoms. The lowest BCUT2D eigenvalue weighted by Gasteiger charge is -2.15. The second kappa shape index (κ2) is 8.09. The molecular formula is C12H21NO4S. The standard InChI is InChI=1S/C12H21NO4S/c1-4-11(12(14)17-9-10(2)3)18(15,16)8-6-5-7-13/h10-11H,4-6,8-9H2,1-3H3. The molecule has 0 aliphatic heterocycles. The molecule has 0 aliphatic carbocycles. The monoisotopic (exact) mass is 275 g/mol.